The van der Waals surface area contributed by atoms with Gasteiger partial charge in [-0.3, -0.25) is 19.3 Å². The number of nitrogens with zero attached hydrogens (tertiary/aromatic N) is 2. The fraction of sp³-hybridized carbons (Fsp3) is 0.0625. The number of aromatic amines is 1. The lowest BCUT2D eigenvalue weighted by molar-refractivity contribution is 0.392. The van der Waals surface area contributed by atoms with Crippen molar-refractivity contribution < 1.29 is 13.9 Å². The molecule has 0 aliphatic rings. The van der Waals surface area contributed by atoms with Gasteiger partial charge in [-0.25, -0.2) is 9.18 Å². The lowest BCUT2D eigenvalue weighted by atomic mass is 10.3. The molecule has 0 fully saturated rings. The molecule has 0 bridgehead atoms. The summed E-state index contributed by atoms with van der Waals surface area (Å²) < 4.78 is 19.2. The quantitative estimate of drug-likeness (QED) is 0.695. The predicted octanol–water partition coefficient (Wildman–Crippen LogP) is 2.43. The van der Waals surface area contributed by atoms with Crippen LogP contribution in [0.4, 0.5) is 10.1 Å². The van der Waals surface area contributed by atoms with E-state index in [2.05, 4.69) is 9.98 Å². The van der Waals surface area contributed by atoms with Gasteiger partial charge in [0, 0.05) is 6.21 Å². The van der Waals surface area contributed by atoms with Crippen LogP contribution in [0.15, 0.2) is 55.6 Å². The van der Waals surface area contributed by atoms with Gasteiger partial charge in [-0.05, 0) is 30.3 Å². The van der Waals surface area contributed by atoms with E-state index in [9.17, 15) is 19.1 Å². The maximum Gasteiger partial charge on any atom is 0.331 e. The van der Waals surface area contributed by atoms with Crippen molar-refractivity contribution in [3.05, 3.63) is 79.6 Å². The minimum Gasteiger partial charge on any atom is -0.494 e. The minimum absolute atomic E-state index is 0.0718. The Labute approximate surface area is 144 Å². The molecule has 3 rings (SSSR count). The molecule has 9 heteroatoms. The largest absolute Gasteiger partial charge is 0.494 e. The van der Waals surface area contributed by atoms with E-state index in [4.69, 9.17) is 16.0 Å². The van der Waals surface area contributed by atoms with Gasteiger partial charge in [0.25, 0.3) is 5.56 Å². The number of aromatic hydroxyl groups is 1. The third-order valence-electron chi connectivity index (χ3n) is 3.35. The molecule has 0 aliphatic heterocycles. The average molecular weight is 364 g/mol. The maximum atomic E-state index is 13.1. The van der Waals surface area contributed by atoms with Crippen molar-refractivity contribution in [3.63, 3.8) is 0 Å². The summed E-state index contributed by atoms with van der Waals surface area (Å²) in [5.41, 5.74) is -1.56. The summed E-state index contributed by atoms with van der Waals surface area (Å²) in [5, 5.41) is 10.1. The second-order valence-corrected chi connectivity index (χ2v) is 5.43. The number of H-pyrrole nitrogens is 1. The first-order valence-electron chi connectivity index (χ1n) is 7.03. The van der Waals surface area contributed by atoms with Gasteiger partial charge in [0.15, 0.2) is 0 Å². The van der Waals surface area contributed by atoms with Crippen LogP contribution in [0.25, 0.3) is 0 Å². The second kappa shape index (κ2) is 6.78. The minimum atomic E-state index is -0.810. The molecule has 0 amide bonds. The molecule has 25 heavy (non-hydrogen) atoms. The molecule has 128 valence electrons. The van der Waals surface area contributed by atoms with Crippen LogP contribution in [-0.2, 0) is 6.54 Å². The zero-order valence-electron chi connectivity index (χ0n) is 12.6. The Morgan fingerprint density at radius 1 is 1.36 bits per heavy atom. The van der Waals surface area contributed by atoms with Crippen LogP contribution in [0, 0.1) is 5.82 Å². The van der Waals surface area contributed by atoms with Crippen LogP contribution in [0.3, 0.4) is 0 Å². The SMILES string of the molecule is O=c1[nH]c(=O)n(Cc2ccco2)c(O)c1C=Nc1ccc(F)c(Cl)c1. The molecule has 7 nitrogen and oxygen atoms in total. The van der Waals surface area contributed by atoms with Crippen molar-refractivity contribution in [2.75, 3.05) is 0 Å². The standard InChI is InChI=1S/C16H11ClFN3O4/c17-12-6-9(3-4-13(12)18)19-7-11-14(22)20-16(24)21(15(11)23)8-10-2-1-5-25-10/h1-7,23H,8H2,(H,20,22,24). The van der Waals surface area contributed by atoms with Crippen molar-refractivity contribution in [3.8, 4) is 5.88 Å². The van der Waals surface area contributed by atoms with Crippen molar-refractivity contribution in [1.29, 1.82) is 0 Å². The van der Waals surface area contributed by atoms with Gasteiger partial charge in [-0.2, -0.15) is 0 Å². The van der Waals surface area contributed by atoms with Gasteiger partial charge >= 0.3 is 5.69 Å². The Bertz CT molecular complexity index is 1050. The summed E-state index contributed by atoms with van der Waals surface area (Å²) in [6, 6.07) is 6.98. The van der Waals surface area contributed by atoms with Crippen molar-refractivity contribution in [2.24, 2.45) is 4.99 Å². The Morgan fingerprint density at radius 3 is 2.84 bits per heavy atom. The Balaban J connectivity index is 2.00. The lowest BCUT2D eigenvalue weighted by Gasteiger charge is -2.07. The van der Waals surface area contributed by atoms with Gasteiger partial charge in [-0.15, -0.1) is 0 Å². The van der Waals surface area contributed by atoms with Gasteiger partial charge in [0.2, 0.25) is 5.88 Å². The Kier molecular flexibility index (Phi) is 4.53. The van der Waals surface area contributed by atoms with E-state index in [1.54, 1.807) is 12.1 Å². The van der Waals surface area contributed by atoms with E-state index >= 15 is 0 Å². The number of hydrogen-bond donors (Lipinski definition) is 2. The molecular formula is C16H11ClFN3O4. The average Bonchev–Trinajstić information content (AvgIpc) is 3.07. The Morgan fingerprint density at radius 2 is 2.16 bits per heavy atom. The highest BCUT2D eigenvalue weighted by Crippen LogP contribution is 2.21. The van der Waals surface area contributed by atoms with Crippen LogP contribution in [-0.4, -0.2) is 20.9 Å². The van der Waals surface area contributed by atoms with E-state index in [-0.39, 0.29) is 22.8 Å². The summed E-state index contributed by atoms with van der Waals surface area (Å²) in [6.45, 7) is -0.0718. The molecule has 0 unspecified atom stereocenters. The van der Waals surface area contributed by atoms with Gasteiger partial charge in [0.05, 0.1) is 23.5 Å². The van der Waals surface area contributed by atoms with Gasteiger partial charge in [0.1, 0.15) is 17.1 Å². The highest BCUT2D eigenvalue weighted by Gasteiger charge is 2.14. The van der Waals surface area contributed by atoms with E-state index in [1.807, 2.05) is 0 Å². The van der Waals surface area contributed by atoms with Gasteiger partial charge < -0.3 is 9.52 Å². The molecular weight excluding hydrogens is 353 g/mol. The molecule has 2 N–H and O–H groups in total. The number of nitrogens with one attached hydrogen (secondary N) is 1. The van der Waals surface area contributed by atoms with E-state index in [0.717, 1.165) is 16.8 Å². The molecule has 2 aromatic heterocycles. The van der Waals surface area contributed by atoms with E-state index < -0.39 is 22.9 Å². The summed E-state index contributed by atoms with van der Waals surface area (Å²) in [5.74, 6) is -0.756. The molecule has 0 spiro atoms. The summed E-state index contributed by atoms with van der Waals surface area (Å²) in [7, 11) is 0. The first-order valence-corrected chi connectivity index (χ1v) is 7.41. The lowest BCUT2D eigenvalue weighted by Crippen LogP contribution is -2.32. The fourth-order valence-electron chi connectivity index (χ4n) is 2.10. The summed E-state index contributed by atoms with van der Waals surface area (Å²) in [4.78, 5) is 29.9. The first-order chi connectivity index (χ1) is 12.0. The zero-order valence-corrected chi connectivity index (χ0v) is 13.3. The van der Waals surface area contributed by atoms with Crippen LogP contribution in [0.2, 0.25) is 5.02 Å². The zero-order chi connectivity index (χ0) is 18.0. The number of aromatic nitrogens is 2. The molecule has 0 radical (unpaired) electrons. The maximum absolute atomic E-state index is 13.1. The molecule has 1 aromatic carbocycles. The van der Waals surface area contributed by atoms with E-state index in [1.165, 1.54) is 18.4 Å². The predicted molar refractivity (Wildman–Crippen MR) is 89.5 cm³/mol. The summed E-state index contributed by atoms with van der Waals surface area (Å²) in [6.07, 6.45) is 2.49. The third kappa shape index (κ3) is 3.53. The van der Waals surface area contributed by atoms with E-state index in [0.29, 0.717) is 5.76 Å². The number of halogens is 2. The van der Waals surface area contributed by atoms with Crippen molar-refractivity contribution in [2.45, 2.75) is 6.54 Å². The Hall–Kier alpha value is -3.13. The molecule has 0 aliphatic carbocycles. The van der Waals surface area contributed by atoms with Gasteiger partial charge in [-0.1, -0.05) is 11.6 Å². The van der Waals surface area contributed by atoms with Crippen LogP contribution in [0.1, 0.15) is 11.3 Å². The molecule has 2 heterocycles. The van der Waals surface area contributed by atoms with Crippen LogP contribution in [0.5, 0.6) is 5.88 Å². The molecule has 3 aromatic rings. The fourth-order valence-corrected chi connectivity index (χ4v) is 2.28. The topological polar surface area (TPSA) is 101 Å². The monoisotopic (exact) mass is 363 g/mol. The number of aliphatic imine (C=N–C) groups is 1. The first kappa shape index (κ1) is 16.7. The number of benzene rings is 1. The highest BCUT2D eigenvalue weighted by molar-refractivity contribution is 6.31. The smallest absolute Gasteiger partial charge is 0.331 e. The number of hydrogen-bond acceptors (Lipinski definition) is 5. The molecule has 0 saturated carbocycles. The van der Waals surface area contributed by atoms with Crippen molar-refractivity contribution in [1.82, 2.24) is 9.55 Å². The summed E-state index contributed by atoms with van der Waals surface area (Å²) >= 11 is 5.66. The number of furan rings is 1. The third-order valence-corrected chi connectivity index (χ3v) is 3.64. The molecule has 0 saturated heterocycles. The van der Waals surface area contributed by atoms with Crippen molar-refractivity contribution >= 4 is 23.5 Å². The molecule has 0 atom stereocenters. The van der Waals surface area contributed by atoms with Crippen LogP contribution >= 0.6 is 11.6 Å². The number of rotatable bonds is 4. The second-order valence-electron chi connectivity index (χ2n) is 5.02. The van der Waals surface area contributed by atoms with Crippen LogP contribution < -0.4 is 11.2 Å². The highest BCUT2D eigenvalue weighted by atomic mass is 35.5. The normalized spacial score (nSPS) is 11.3.